The topological polar surface area (TPSA) is 78.9 Å². The maximum Gasteiger partial charge on any atom is 0.407 e. The number of hydrogen-bond acceptors (Lipinski definition) is 4. The predicted molar refractivity (Wildman–Crippen MR) is 114 cm³/mol. The second kappa shape index (κ2) is 8.11. The molecule has 0 spiro atoms. The van der Waals surface area contributed by atoms with E-state index >= 15 is 0 Å². The molecule has 158 valence electrons. The van der Waals surface area contributed by atoms with Crippen LogP contribution in [0.4, 0.5) is 4.79 Å². The fraction of sp³-hybridized carbons (Fsp3) is 0.417. The lowest BCUT2D eigenvalue weighted by molar-refractivity contribution is -0.139. The zero-order valence-electron chi connectivity index (χ0n) is 17.4. The van der Waals surface area contributed by atoms with Gasteiger partial charge in [0.15, 0.2) is 0 Å². The Morgan fingerprint density at radius 2 is 1.73 bits per heavy atom. The fourth-order valence-corrected chi connectivity index (χ4v) is 4.97. The minimum absolute atomic E-state index is 0.00725. The van der Waals surface area contributed by atoms with E-state index in [4.69, 9.17) is 4.74 Å². The molecule has 6 heteroatoms. The molecule has 0 radical (unpaired) electrons. The molecule has 0 bridgehead atoms. The molecule has 6 nitrogen and oxygen atoms in total. The molecule has 2 aromatic carbocycles. The third-order valence-corrected chi connectivity index (χ3v) is 6.63. The molecule has 2 aliphatic rings. The second-order valence-corrected chi connectivity index (χ2v) is 8.59. The van der Waals surface area contributed by atoms with Gasteiger partial charge in [0.25, 0.3) is 0 Å². The highest BCUT2D eigenvalue weighted by Crippen LogP contribution is 2.44. The van der Waals surface area contributed by atoms with Gasteiger partial charge in [0.1, 0.15) is 6.61 Å². The van der Waals surface area contributed by atoms with Crippen LogP contribution >= 0.6 is 0 Å². The summed E-state index contributed by atoms with van der Waals surface area (Å²) in [5, 5.41) is 12.4. The fourth-order valence-electron chi connectivity index (χ4n) is 4.97. The van der Waals surface area contributed by atoms with E-state index < -0.39 is 17.6 Å². The number of fused-ring (bicyclic) bond motifs is 3. The SMILES string of the molecule is CC1CN(C)CCC1(CC(=O)O)NC(=O)OCC1c2ccccc2-c2ccccc21. The summed E-state index contributed by atoms with van der Waals surface area (Å²) in [7, 11) is 2.01. The first kappa shape index (κ1) is 20.4. The maximum atomic E-state index is 12.8. The molecular formula is C24H28N2O4. The summed E-state index contributed by atoms with van der Waals surface area (Å²) in [6.45, 7) is 3.68. The summed E-state index contributed by atoms with van der Waals surface area (Å²) in [6.07, 6.45) is -0.0672. The van der Waals surface area contributed by atoms with E-state index in [9.17, 15) is 14.7 Å². The van der Waals surface area contributed by atoms with Gasteiger partial charge >= 0.3 is 12.1 Å². The van der Waals surface area contributed by atoms with Gasteiger partial charge in [-0.2, -0.15) is 0 Å². The van der Waals surface area contributed by atoms with Crippen LogP contribution in [0.1, 0.15) is 36.8 Å². The number of carboxylic acids is 1. The van der Waals surface area contributed by atoms with Gasteiger partial charge in [0.2, 0.25) is 0 Å². The first-order valence-corrected chi connectivity index (χ1v) is 10.4. The monoisotopic (exact) mass is 408 g/mol. The zero-order valence-corrected chi connectivity index (χ0v) is 17.4. The van der Waals surface area contributed by atoms with Crippen molar-refractivity contribution in [3.63, 3.8) is 0 Å². The first-order valence-electron chi connectivity index (χ1n) is 10.4. The molecule has 1 amide bonds. The summed E-state index contributed by atoms with van der Waals surface area (Å²) in [5.74, 6) is -0.924. The van der Waals surface area contributed by atoms with E-state index in [0.717, 1.165) is 24.2 Å². The number of rotatable bonds is 5. The van der Waals surface area contributed by atoms with E-state index in [1.165, 1.54) is 11.1 Å². The maximum absolute atomic E-state index is 12.8. The molecule has 2 aromatic rings. The van der Waals surface area contributed by atoms with Crippen molar-refractivity contribution in [2.45, 2.75) is 31.2 Å². The van der Waals surface area contributed by atoms with E-state index in [1.54, 1.807) is 0 Å². The van der Waals surface area contributed by atoms with Crippen LogP contribution in [0.2, 0.25) is 0 Å². The number of nitrogens with one attached hydrogen (secondary N) is 1. The van der Waals surface area contributed by atoms with Gasteiger partial charge in [0, 0.05) is 19.0 Å². The summed E-state index contributed by atoms with van der Waals surface area (Å²) >= 11 is 0. The number of likely N-dealkylation sites (tertiary alicyclic amines) is 1. The number of ether oxygens (including phenoxy) is 1. The highest BCUT2D eigenvalue weighted by molar-refractivity contribution is 5.79. The lowest BCUT2D eigenvalue weighted by atomic mass is 9.76. The number of carboxylic acid groups (broad SMARTS) is 1. The Labute approximate surface area is 176 Å². The normalized spacial score (nSPS) is 23.5. The van der Waals surface area contributed by atoms with Crippen LogP contribution in [0.5, 0.6) is 0 Å². The molecular weight excluding hydrogens is 380 g/mol. The largest absolute Gasteiger partial charge is 0.481 e. The number of carbonyl (C=O) groups excluding carboxylic acids is 1. The number of piperidine rings is 1. The van der Waals surface area contributed by atoms with Crippen molar-refractivity contribution >= 4 is 12.1 Å². The highest BCUT2D eigenvalue weighted by Gasteiger charge is 2.43. The molecule has 1 heterocycles. The van der Waals surface area contributed by atoms with Gasteiger partial charge in [0.05, 0.1) is 12.0 Å². The lowest BCUT2D eigenvalue weighted by Crippen LogP contribution is -2.60. The van der Waals surface area contributed by atoms with Gasteiger partial charge in [-0.05, 0) is 41.6 Å². The van der Waals surface area contributed by atoms with E-state index in [1.807, 2.05) is 38.2 Å². The Hall–Kier alpha value is -2.86. The van der Waals surface area contributed by atoms with E-state index in [0.29, 0.717) is 6.42 Å². The number of carbonyl (C=O) groups is 2. The zero-order chi connectivity index (χ0) is 21.3. The van der Waals surface area contributed by atoms with Crippen LogP contribution in [0.15, 0.2) is 48.5 Å². The molecule has 2 atom stereocenters. The van der Waals surface area contributed by atoms with Gasteiger partial charge in [-0.1, -0.05) is 55.5 Å². The molecule has 1 saturated heterocycles. The Morgan fingerprint density at radius 3 is 2.30 bits per heavy atom. The van der Waals surface area contributed by atoms with Gasteiger partial charge < -0.3 is 20.1 Å². The smallest absolute Gasteiger partial charge is 0.407 e. The van der Waals surface area contributed by atoms with Crippen LogP contribution in [0.3, 0.4) is 0 Å². The van der Waals surface area contributed by atoms with Crippen molar-refractivity contribution in [3.05, 3.63) is 59.7 Å². The van der Waals surface area contributed by atoms with E-state index in [2.05, 4.69) is 34.5 Å². The van der Waals surface area contributed by atoms with Crippen molar-refractivity contribution in [1.29, 1.82) is 0 Å². The molecule has 2 N–H and O–H groups in total. The molecule has 1 fully saturated rings. The molecule has 0 aromatic heterocycles. The van der Waals surface area contributed by atoms with Gasteiger partial charge in [-0.15, -0.1) is 0 Å². The number of nitrogens with zero attached hydrogens (tertiary/aromatic N) is 1. The summed E-state index contributed by atoms with van der Waals surface area (Å²) < 4.78 is 5.67. The third kappa shape index (κ3) is 3.79. The van der Waals surface area contributed by atoms with Crippen molar-refractivity contribution in [1.82, 2.24) is 10.2 Å². The minimum Gasteiger partial charge on any atom is -0.481 e. The van der Waals surface area contributed by atoms with Gasteiger partial charge in [-0.3, -0.25) is 4.79 Å². The van der Waals surface area contributed by atoms with Crippen molar-refractivity contribution < 1.29 is 19.4 Å². The molecule has 30 heavy (non-hydrogen) atoms. The number of benzene rings is 2. The third-order valence-electron chi connectivity index (χ3n) is 6.63. The quantitative estimate of drug-likeness (QED) is 0.789. The Kier molecular flexibility index (Phi) is 5.52. The Bertz CT molecular complexity index is 914. The molecule has 1 aliphatic carbocycles. The first-order chi connectivity index (χ1) is 14.4. The van der Waals surface area contributed by atoms with Crippen molar-refractivity contribution in [2.24, 2.45) is 5.92 Å². The molecule has 0 saturated carbocycles. The highest BCUT2D eigenvalue weighted by atomic mass is 16.5. The Balaban J connectivity index is 1.49. The van der Waals surface area contributed by atoms with Gasteiger partial charge in [-0.25, -0.2) is 4.79 Å². The van der Waals surface area contributed by atoms with Crippen LogP contribution in [-0.4, -0.2) is 54.4 Å². The minimum atomic E-state index is -0.912. The number of aliphatic carboxylic acids is 1. The summed E-state index contributed by atoms with van der Waals surface area (Å²) in [6, 6.07) is 16.4. The molecule has 1 aliphatic heterocycles. The number of alkyl carbamates (subject to hydrolysis) is 1. The standard InChI is InChI=1S/C24H28N2O4/c1-16-14-26(2)12-11-24(16,13-22(27)28)25-23(29)30-15-21-19-9-5-3-7-17(19)18-8-4-6-10-20(18)21/h3-10,16,21H,11-15H2,1-2H3,(H,25,29)(H,27,28). The van der Waals surface area contributed by atoms with E-state index in [-0.39, 0.29) is 24.9 Å². The predicted octanol–water partition coefficient (Wildman–Crippen LogP) is 3.71. The van der Waals surface area contributed by atoms with Crippen molar-refractivity contribution in [3.8, 4) is 11.1 Å². The number of amides is 1. The summed E-state index contributed by atoms with van der Waals surface area (Å²) in [5.41, 5.74) is 3.86. The average molecular weight is 408 g/mol. The second-order valence-electron chi connectivity index (χ2n) is 8.59. The average Bonchev–Trinajstić information content (AvgIpc) is 3.03. The van der Waals surface area contributed by atoms with Crippen LogP contribution in [0, 0.1) is 5.92 Å². The van der Waals surface area contributed by atoms with Crippen LogP contribution in [-0.2, 0) is 9.53 Å². The molecule has 2 unspecified atom stereocenters. The van der Waals surface area contributed by atoms with Crippen LogP contribution < -0.4 is 5.32 Å². The van der Waals surface area contributed by atoms with Crippen LogP contribution in [0.25, 0.3) is 11.1 Å². The summed E-state index contributed by atoms with van der Waals surface area (Å²) in [4.78, 5) is 26.4. The number of hydrogen-bond donors (Lipinski definition) is 2. The lowest BCUT2D eigenvalue weighted by Gasteiger charge is -2.45. The van der Waals surface area contributed by atoms with Crippen molar-refractivity contribution in [2.75, 3.05) is 26.7 Å². The Morgan fingerprint density at radius 1 is 1.13 bits per heavy atom. The molecule has 4 rings (SSSR count).